The van der Waals surface area contributed by atoms with Gasteiger partial charge in [0.2, 0.25) is 0 Å². The van der Waals surface area contributed by atoms with Gasteiger partial charge in [0.15, 0.2) is 11.3 Å². The first-order valence-electron chi connectivity index (χ1n) is 9.64. The van der Waals surface area contributed by atoms with Crippen LogP contribution in [0, 0.1) is 13.8 Å². The Labute approximate surface area is 169 Å². The lowest BCUT2D eigenvalue weighted by Gasteiger charge is -2.25. The van der Waals surface area contributed by atoms with Crippen LogP contribution in [0.1, 0.15) is 40.9 Å². The maximum Gasteiger partial charge on any atom is 0.276 e. The van der Waals surface area contributed by atoms with Crippen molar-refractivity contribution in [3.63, 3.8) is 0 Å². The highest BCUT2D eigenvalue weighted by molar-refractivity contribution is 7.92. The number of sulfonamides is 1. The Hall–Kier alpha value is -2.87. The van der Waals surface area contributed by atoms with Crippen LogP contribution in [0.3, 0.4) is 0 Å². The van der Waals surface area contributed by atoms with Crippen molar-refractivity contribution >= 4 is 32.6 Å². The zero-order valence-electron chi connectivity index (χ0n) is 16.4. The molecule has 1 N–H and O–H groups in total. The van der Waals surface area contributed by atoms with Gasteiger partial charge in [0.1, 0.15) is 0 Å². The van der Waals surface area contributed by atoms with Crippen LogP contribution in [0.5, 0.6) is 0 Å². The van der Waals surface area contributed by atoms with Gasteiger partial charge in [-0.05, 0) is 62.9 Å². The Balaban J connectivity index is 1.68. The number of hydrogen-bond donors (Lipinski definition) is 1. The Morgan fingerprint density at radius 3 is 2.55 bits per heavy atom. The molecule has 1 fully saturated rings. The number of rotatable bonds is 4. The van der Waals surface area contributed by atoms with E-state index in [1.165, 1.54) is 18.2 Å². The van der Waals surface area contributed by atoms with Crippen molar-refractivity contribution < 1.29 is 17.7 Å². The maximum absolute atomic E-state index is 12.9. The van der Waals surface area contributed by atoms with Gasteiger partial charge in [0.05, 0.1) is 16.0 Å². The molecule has 1 saturated heterocycles. The van der Waals surface area contributed by atoms with Crippen LogP contribution in [0.25, 0.3) is 11.0 Å². The van der Waals surface area contributed by atoms with Gasteiger partial charge in [-0.1, -0.05) is 22.9 Å². The molecule has 0 saturated carbocycles. The van der Waals surface area contributed by atoms with Crippen LogP contribution in [-0.2, 0) is 10.0 Å². The van der Waals surface area contributed by atoms with Gasteiger partial charge in [-0.15, -0.1) is 0 Å². The first kappa shape index (κ1) is 19.4. The second kappa shape index (κ2) is 7.51. The Kier molecular flexibility index (Phi) is 5.04. The van der Waals surface area contributed by atoms with Crippen molar-refractivity contribution in [2.75, 3.05) is 17.8 Å². The van der Waals surface area contributed by atoms with Crippen molar-refractivity contribution in [3.05, 3.63) is 53.2 Å². The van der Waals surface area contributed by atoms with E-state index < -0.39 is 10.0 Å². The topological polar surface area (TPSA) is 92.5 Å². The summed E-state index contributed by atoms with van der Waals surface area (Å²) < 4.78 is 33.8. The minimum absolute atomic E-state index is 0.0564. The van der Waals surface area contributed by atoms with E-state index >= 15 is 0 Å². The monoisotopic (exact) mass is 413 g/mol. The molecule has 8 heteroatoms. The molecule has 29 heavy (non-hydrogen) atoms. The first-order valence-corrected chi connectivity index (χ1v) is 11.1. The van der Waals surface area contributed by atoms with Gasteiger partial charge in [0, 0.05) is 13.1 Å². The summed E-state index contributed by atoms with van der Waals surface area (Å²) in [7, 11) is -3.83. The van der Waals surface area contributed by atoms with E-state index in [1.54, 1.807) is 11.0 Å². The van der Waals surface area contributed by atoms with Crippen LogP contribution in [0.4, 0.5) is 5.69 Å². The molecule has 0 bridgehead atoms. The van der Waals surface area contributed by atoms with Crippen LogP contribution in [0.2, 0.25) is 0 Å². The number of hydrogen-bond acceptors (Lipinski definition) is 5. The molecule has 152 valence electrons. The van der Waals surface area contributed by atoms with E-state index in [0.29, 0.717) is 29.7 Å². The summed E-state index contributed by atoms with van der Waals surface area (Å²) in [5.74, 6) is -0.222. The van der Waals surface area contributed by atoms with E-state index in [1.807, 2.05) is 26.0 Å². The zero-order chi connectivity index (χ0) is 20.6. The van der Waals surface area contributed by atoms with Gasteiger partial charge >= 0.3 is 0 Å². The second-order valence-electron chi connectivity index (χ2n) is 7.47. The number of benzene rings is 2. The number of likely N-dealkylation sites (tertiary alicyclic amines) is 1. The first-order chi connectivity index (χ1) is 13.8. The number of nitrogens with zero attached hydrogens (tertiary/aromatic N) is 2. The molecular formula is C21H23N3O4S. The van der Waals surface area contributed by atoms with Crippen molar-refractivity contribution in [3.8, 4) is 0 Å². The molecular weight excluding hydrogens is 390 g/mol. The van der Waals surface area contributed by atoms with Gasteiger partial charge in [0.25, 0.3) is 15.9 Å². The third-order valence-corrected chi connectivity index (χ3v) is 6.59. The summed E-state index contributed by atoms with van der Waals surface area (Å²) in [5, 5.41) is 4.33. The highest BCUT2D eigenvalue weighted by atomic mass is 32.2. The predicted octanol–water partition coefficient (Wildman–Crippen LogP) is 3.87. The maximum atomic E-state index is 12.9. The summed E-state index contributed by atoms with van der Waals surface area (Å²) in [6.45, 7) is 5.16. The van der Waals surface area contributed by atoms with Crippen molar-refractivity contribution in [2.45, 2.75) is 38.0 Å². The quantitative estimate of drug-likeness (QED) is 0.701. The molecule has 3 aromatic rings. The summed E-state index contributed by atoms with van der Waals surface area (Å²) >= 11 is 0. The van der Waals surface area contributed by atoms with E-state index in [0.717, 1.165) is 30.4 Å². The number of anilines is 1. The summed E-state index contributed by atoms with van der Waals surface area (Å²) in [6.07, 6.45) is 3.03. The number of carbonyl (C=O) groups excluding carboxylic acids is 1. The lowest BCUT2D eigenvalue weighted by atomic mass is 10.1. The number of aromatic nitrogens is 1. The number of aryl methyl sites for hydroxylation is 2. The molecule has 1 amide bonds. The largest absolute Gasteiger partial charge is 0.355 e. The van der Waals surface area contributed by atoms with Crippen molar-refractivity contribution in [1.29, 1.82) is 0 Å². The van der Waals surface area contributed by atoms with Gasteiger partial charge < -0.3 is 9.42 Å². The molecule has 7 nitrogen and oxygen atoms in total. The summed E-state index contributed by atoms with van der Waals surface area (Å²) in [5.41, 5.74) is 2.95. The molecule has 0 radical (unpaired) electrons. The normalized spacial score (nSPS) is 14.9. The van der Waals surface area contributed by atoms with Gasteiger partial charge in [-0.3, -0.25) is 9.52 Å². The molecule has 0 spiro atoms. The number of fused-ring (bicyclic) bond motifs is 1. The number of amides is 1. The Morgan fingerprint density at radius 2 is 1.83 bits per heavy atom. The Bertz CT molecular complexity index is 1180. The third-order valence-electron chi connectivity index (χ3n) is 5.22. The van der Waals surface area contributed by atoms with Gasteiger partial charge in [-0.2, -0.15) is 0 Å². The number of carbonyl (C=O) groups is 1. The molecule has 2 aromatic carbocycles. The average Bonchev–Trinajstić information content (AvgIpc) is 3.13. The molecule has 0 atom stereocenters. The predicted molar refractivity (Wildman–Crippen MR) is 110 cm³/mol. The highest BCUT2D eigenvalue weighted by Gasteiger charge is 2.25. The fourth-order valence-corrected chi connectivity index (χ4v) is 4.77. The molecule has 4 rings (SSSR count). The van der Waals surface area contributed by atoms with Gasteiger partial charge in [-0.25, -0.2) is 8.42 Å². The third kappa shape index (κ3) is 3.85. The number of piperidine rings is 1. The molecule has 1 aliphatic heterocycles. The van der Waals surface area contributed by atoms with Crippen LogP contribution < -0.4 is 4.72 Å². The summed E-state index contributed by atoms with van der Waals surface area (Å²) in [4.78, 5) is 14.6. The SMILES string of the molecule is Cc1ccc(NS(=O)(=O)c2ccc3onc(C(=O)N4CCCCC4)c3c2)c(C)c1. The molecule has 2 heterocycles. The van der Waals surface area contributed by atoms with E-state index in [4.69, 9.17) is 4.52 Å². The lowest BCUT2D eigenvalue weighted by Crippen LogP contribution is -2.35. The Morgan fingerprint density at radius 1 is 1.07 bits per heavy atom. The average molecular weight is 413 g/mol. The number of nitrogens with one attached hydrogen (secondary N) is 1. The van der Waals surface area contributed by atoms with E-state index in [-0.39, 0.29) is 16.5 Å². The lowest BCUT2D eigenvalue weighted by molar-refractivity contribution is 0.0716. The van der Waals surface area contributed by atoms with E-state index in [2.05, 4.69) is 9.88 Å². The fraction of sp³-hybridized carbons (Fsp3) is 0.333. The van der Waals surface area contributed by atoms with Crippen LogP contribution in [0.15, 0.2) is 45.8 Å². The van der Waals surface area contributed by atoms with Crippen molar-refractivity contribution in [2.24, 2.45) is 0 Å². The van der Waals surface area contributed by atoms with Crippen LogP contribution >= 0.6 is 0 Å². The second-order valence-corrected chi connectivity index (χ2v) is 9.15. The standard InChI is InChI=1S/C21H23N3O4S/c1-14-6-8-18(15(2)12-14)23-29(26,27)16-7-9-19-17(13-16)20(22-28-19)21(25)24-10-4-3-5-11-24/h6-9,12-13,23H,3-5,10-11H2,1-2H3. The fourth-order valence-electron chi connectivity index (χ4n) is 3.62. The molecule has 0 unspecified atom stereocenters. The zero-order valence-corrected chi connectivity index (χ0v) is 17.3. The minimum atomic E-state index is -3.83. The van der Waals surface area contributed by atoms with Crippen molar-refractivity contribution in [1.82, 2.24) is 10.1 Å². The molecule has 0 aliphatic carbocycles. The smallest absolute Gasteiger partial charge is 0.276 e. The summed E-state index contributed by atoms with van der Waals surface area (Å²) in [6, 6.07) is 9.95. The molecule has 1 aromatic heterocycles. The molecule has 1 aliphatic rings. The highest BCUT2D eigenvalue weighted by Crippen LogP contribution is 2.26. The minimum Gasteiger partial charge on any atom is -0.355 e. The van der Waals surface area contributed by atoms with E-state index in [9.17, 15) is 13.2 Å². The van der Waals surface area contributed by atoms with Crippen LogP contribution in [-0.4, -0.2) is 37.5 Å².